The van der Waals surface area contributed by atoms with Gasteiger partial charge in [0.05, 0.1) is 11.3 Å². The number of carbonyl (C=O) groups excluding carboxylic acids is 1. The van der Waals surface area contributed by atoms with Gasteiger partial charge in [0.15, 0.2) is 5.76 Å². The van der Waals surface area contributed by atoms with Crippen LogP contribution in [0.4, 0.5) is 0 Å². The largest absolute Gasteiger partial charge is 0.478 e. The van der Waals surface area contributed by atoms with Gasteiger partial charge in [0.25, 0.3) is 5.91 Å². The second-order valence-electron chi connectivity index (χ2n) is 3.39. The van der Waals surface area contributed by atoms with E-state index in [-0.39, 0.29) is 23.6 Å². The van der Waals surface area contributed by atoms with Gasteiger partial charge in [0.1, 0.15) is 16.1 Å². The first-order chi connectivity index (χ1) is 7.79. The van der Waals surface area contributed by atoms with E-state index >= 15 is 0 Å². The summed E-state index contributed by atoms with van der Waals surface area (Å²) in [5, 5.41) is 10.9. The second kappa shape index (κ2) is 5.00. The fourth-order valence-corrected chi connectivity index (χ4v) is 1.48. The zero-order valence-corrected chi connectivity index (χ0v) is 9.78. The highest BCUT2D eigenvalue weighted by Crippen LogP contribution is 2.07. The van der Waals surface area contributed by atoms with E-state index in [4.69, 9.17) is 9.52 Å². The van der Waals surface area contributed by atoms with E-state index in [0.29, 0.717) is 0 Å². The normalized spacial score (nSPS) is 11.1. The predicted octanol–water partition coefficient (Wildman–Crippen LogP) is -0.248. The monoisotopic (exact) mass is 261 g/mol. The maximum atomic E-state index is 11.4. The highest BCUT2D eigenvalue weighted by Gasteiger charge is 2.14. The van der Waals surface area contributed by atoms with Crippen molar-refractivity contribution in [1.82, 2.24) is 5.32 Å². The van der Waals surface area contributed by atoms with E-state index in [0.717, 1.165) is 18.6 Å². The molecule has 0 radical (unpaired) electrons. The van der Waals surface area contributed by atoms with Gasteiger partial charge in [-0.05, 0) is 0 Å². The molecule has 0 saturated heterocycles. The molecule has 0 aliphatic carbocycles. The minimum atomic E-state index is -3.15. The maximum absolute atomic E-state index is 11.4. The summed E-state index contributed by atoms with van der Waals surface area (Å²) < 4.78 is 26.3. The molecule has 7 nitrogen and oxygen atoms in total. The molecular formula is C9H11NO6S. The Labute approximate surface area is 97.3 Å². The molecule has 0 saturated carbocycles. The van der Waals surface area contributed by atoms with Crippen molar-refractivity contribution in [3.63, 3.8) is 0 Å². The Balaban J connectivity index is 2.55. The van der Waals surface area contributed by atoms with Crippen LogP contribution in [0.1, 0.15) is 20.9 Å². The molecule has 1 heterocycles. The van der Waals surface area contributed by atoms with E-state index in [2.05, 4.69) is 5.32 Å². The summed E-state index contributed by atoms with van der Waals surface area (Å²) in [6.45, 7) is -0.0548. The summed E-state index contributed by atoms with van der Waals surface area (Å²) in [5.74, 6) is -2.22. The fraction of sp³-hybridized carbons (Fsp3) is 0.333. The first-order valence-corrected chi connectivity index (χ1v) is 6.63. The SMILES string of the molecule is CS(=O)(=O)CCNC(=O)c1cc(C(=O)O)co1. The van der Waals surface area contributed by atoms with Crippen molar-refractivity contribution in [2.24, 2.45) is 0 Å². The van der Waals surface area contributed by atoms with Crippen LogP contribution in [0.3, 0.4) is 0 Å². The summed E-state index contributed by atoms with van der Waals surface area (Å²) in [6.07, 6.45) is 1.99. The summed E-state index contributed by atoms with van der Waals surface area (Å²) in [7, 11) is -3.15. The van der Waals surface area contributed by atoms with Crippen LogP contribution in [0.25, 0.3) is 0 Å². The number of amides is 1. The quantitative estimate of drug-likeness (QED) is 0.755. The smallest absolute Gasteiger partial charge is 0.338 e. The lowest BCUT2D eigenvalue weighted by Crippen LogP contribution is -2.28. The molecule has 1 amide bonds. The predicted molar refractivity (Wildman–Crippen MR) is 57.7 cm³/mol. The topological polar surface area (TPSA) is 114 Å². The van der Waals surface area contributed by atoms with Gasteiger partial charge in [0.2, 0.25) is 0 Å². The number of sulfone groups is 1. The molecule has 0 unspecified atom stereocenters. The number of rotatable bonds is 5. The molecule has 0 bridgehead atoms. The molecule has 1 aromatic heterocycles. The molecule has 1 aromatic rings. The Hall–Kier alpha value is -1.83. The number of hydrogen-bond acceptors (Lipinski definition) is 5. The molecule has 94 valence electrons. The Morgan fingerprint density at radius 3 is 2.59 bits per heavy atom. The number of hydrogen-bond donors (Lipinski definition) is 2. The number of carboxylic acid groups (broad SMARTS) is 1. The second-order valence-corrected chi connectivity index (χ2v) is 5.65. The first kappa shape index (κ1) is 13.2. The highest BCUT2D eigenvalue weighted by molar-refractivity contribution is 7.90. The van der Waals surface area contributed by atoms with Crippen molar-refractivity contribution in [2.75, 3.05) is 18.6 Å². The number of aromatic carboxylic acids is 1. The number of carboxylic acids is 1. The van der Waals surface area contributed by atoms with Crippen LogP contribution in [0.2, 0.25) is 0 Å². The fourth-order valence-electron chi connectivity index (χ4n) is 1.00. The zero-order chi connectivity index (χ0) is 13.1. The van der Waals surface area contributed by atoms with Gasteiger partial charge in [-0.3, -0.25) is 4.79 Å². The van der Waals surface area contributed by atoms with Crippen LogP contribution in [0.5, 0.6) is 0 Å². The van der Waals surface area contributed by atoms with Crippen molar-refractivity contribution in [3.05, 3.63) is 23.7 Å². The van der Waals surface area contributed by atoms with E-state index in [1.165, 1.54) is 0 Å². The molecule has 8 heteroatoms. The van der Waals surface area contributed by atoms with Crippen molar-refractivity contribution in [1.29, 1.82) is 0 Å². The van der Waals surface area contributed by atoms with Crippen molar-refractivity contribution in [3.8, 4) is 0 Å². The average molecular weight is 261 g/mol. The molecule has 0 spiro atoms. The molecule has 2 N–H and O–H groups in total. The third-order valence-electron chi connectivity index (χ3n) is 1.83. The average Bonchev–Trinajstić information content (AvgIpc) is 2.63. The Morgan fingerprint density at radius 1 is 1.47 bits per heavy atom. The maximum Gasteiger partial charge on any atom is 0.338 e. The van der Waals surface area contributed by atoms with E-state index < -0.39 is 21.7 Å². The molecular weight excluding hydrogens is 250 g/mol. The molecule has 0 fully saturated rings. The third kappa shape index (κ3) is 4.27. The van der Waals surface area contributed by atoms with Crippen LogP contribution >= 0.6 is 0 Å². The lowest BCUT2D eigenvalue weighted by atomic mass is 10.3. The Bertz CT molecular complexity index is 529. The van der Waals surface area contributed by atoms with E-state index in [9.17, 15) is 18.0 Å². The van der Waals surface area contributed by atoms with Gasteiger partial charge < -0.3 is 14.8 Å². The van der Waals surface area contributed by atoms with Crippen molar-refractivity contribution in [2.45, 2.75) is 0 Å². The van der Waals surface area contributed by atoms with Crippen LogP contribution in [0, 0.1) is 0 Å². The van der Waals surface area contributed by atoms with Gasteiger partial charge in [-0.1, -0.05) is 0 Å². The standard InChI is InChI=1S/C9H11NO6S/c1-17(14,15)3-2-10-8(11)7-4-6(5-16-7)9(12)13/h4-5H,2-3H2,1H3,(H,10,11)(H,12,13). The van der Waals surface area contributed by atoms with Crippen LogP contribution < -0.4 is 5.32 Å². The van der Waals surface area contributed by atoms with E-state index in [1.807, 2.05) is 0 Å². The lowest BCUT2D eigenvalue weighted by molar-refractivity contribution is 0.0695. The zero-order valence-electron chi connectivity index (χ0n) is 8.97. The number of furan rings is 1. The summed E-state index contributed by atoms with van der Waals surface area (Å²) >= 11 is 0. The van der Waals surface area contributed by atoms with E-state index in [1.54, 1.807) is 0 Å². The molecule has 1 rings (SSSR count). The molecule has 0 aliphatic heterocycles. The van der Waals surface area contributed by atoms with Crippen molar-refractivity contribution < 1.29 is 27.5 Å². The van der Waals surface area contributed by atoms with Crippen molar-refractivity contribution >= 4 is 21.7 Å². The van der Waals surface area contributed by atoms with Gasteiger partial charge in [-0.15, -0.1) is 0 Å². The van der Waals surface area contributed by atoms with Gasteiger partial charge in [0, 0.05) is 18.9 Å². The molecule has 0 atom stereocenters. The molecule has 0 aliphatic rings. The first-order valence-electron chi connectivity index (χ1n) is 4.57. The minimum absolute atomic E-state index is 0.0548. The summed E-state index contributed by atoms with van der Waals surface area (Å²) in [6, 6.07) is 1.07. The Morgan fingerprint density at radius 2 is 2.12 bits per heavy atom. The summed E-state index contributed by atoms with van der Waals surface area (Å²) in [5.41, 5.74) is -0.140. The number of nitrogens with one attached hydrogen (secondary N) is 1. The summed E-state index contributed by atoms with van der Waals surface area (Å²) in [4.78, 5) is 21.9. The minimum Gasteiger partial charge on any atom is -0.478 e. The van der Waals surface area contributed by atoms with Gasteiger partial charge >= 0.3 is 5.97 Å². The van der Waals surface area contributed by atoms with Crippen LogP contribution in [-0.2, 0) is 9.84 Å². The van der Waals surface area contributed by atoms with Gasteiger partial charge in [-0.25, -0.2) is 13.2 Å². The highest BCUT2D eigenvalue weighted by atomic mass is 32.2. The van der Waals surface area contributed by atoms with Gasteiger partial charge in [-0.2, -0.15) is 0 Å². The van der Waals surface area contributed by atoms with Crippen LogP contribution in [-0.4, -0.2) is 44.0 Å². The number of carbonyl (C=O) groups is 2. The molecule has 0 aromatic carbocycles. The Kier molecular flexibility index (Phi) is 3.89. The van der Waals surface area contributed by atoms with Crippen LogP contribution in [0.15, 0.2) is 16.7 Å². The lowest BCUT2D eigenvalue weighted by Gasteiger charge is -2.00. The molecule has 17 heavy (non-hydrogen) atoms. The third-order valence-corrected chi connectivity index (χ3v) is 2.77.